The van der Waals surface area contributed by atoms with Gasteiger partial charge in [-0.25, -0.2) is 0 Å². The van der Waals surface area contributed by atoms with E-state index in [1.165, 1.54) is 55.3 Å². The maximum atomic E-state index is 12.4. The van der Waals surface area contributed by atoms with E-state index < -0.39 is 5.60 Å². The quantitative estimate of drug-likeness (QED) is 0.735. The van der Waals surface area contributed by atoms with E-state index in [1.807, 2.05) is 7.11 Å². The Hall–Kier alpha value is -1.39. The van der Waals surface area contributed by atoms with Gasteiger partial charge in [0, 0.05) is 42.0 Å². The van der Waals surface area contributed by atoms with Crippen molar-refractivity contribution < 1.29 is 14.3 Å². The van der Waals surface area contributed by atoms with Gasteiger partial charge < -0.3 is 14.3 Å². The first-order valence-corrected chi connectivity index (χ1v) is 11.6. The van der Waals surface area contributed by atoms with E-state index in [0.29, 0.717) is 6.04 Å². The molecule has 2 aliphatic heterocycles. The second kappa shape index (κ2) is 5.26. The first-order valence-electron chi connectivity index (χ1n) is 11.6. The smallest absolute Gasteiger partial charge is 0.139 e. The molecule has 5 fully saturated rings. The van der Waals surface area contributed by atoms with Crippen LogP contribution >= 0.6 is 0 Å². The maximum absolute atomic E-state index is 12.4. The lowest BCUT2D eigenvalue weighted by molar-refractivity contribution is -0.269. The Morgan fingerprint density at radius 3 is 2.90 bits per heavy atom. The molecule has 5 aliphatic carbocycles. The third-order valence-corrected chi connectivity index (χ3v) is 10.1. The highest BCUT2D eigenvalue weighted by molar-refractivity contribution is 5.65. The van der Waals surface area contributed by atoms with E-state index in [9.17, 15) is 4.79 Å². The van der Waals surface area contributed by atoms with Crippen LogP contribution in [0.1, 0.15) is 55.2 Å². The van der Waals surface area contributed by atoms with E-state index >= 15 is 0 Å². The van der Waals surface area contributed by atoms with Gasteiger partial charge in [-0.3, -0.25) is 4.90 Å². The zero-order valence-corrected chi connectivity index (χ0v) is 17.6. The van der Waals surface area contributed by atoms with Gasteiger partial charge in [-0.2, -0.15) is 0 Å². The number of hydrogen-bond donors (Lipinski definition) is 0. The number of piperidine rings is 1. The number of rotatable bonds is 4. The molecular weight excluding hydrogens is 362 g/mol. The van der Waals surface area contributed by atoms with E-state index in [0.717, 1.165) is 37.4 Å². The standard InChI is InChI=1S/C25H31NO3/c1-15-3-6-17-11-19-23-7-8-25(28-2,18(12-23)14-27)22-24(23,20(17)21(15)29-22)9-10-26(19)13-16-4-5-16/h3,6,14,16,18-19,22H,4-5,7-13H2,1-2H3/t18-,19-,22-,23?,24+,25-/m1/s1. The second-order valence-electron chi connectivity index (χ2n) is 10.9. The minimum atomic E-state index is -0.465. The van der Waals surface area contributed by atoms with Crippen LogP contribution in [0.2, 0.25) is 0 Å². The summed E-state index contributed by atoms with van der Waals surface area (Å²) in [6.07, 6.45) is 9.36. The highest BCUT2D eigenvalue weighted by atomic mass is 16.6. The zero-order chi connectivity index (χ0) is 19.6. The number of ether oxygens (including phenoxy) is 2. The Balaban J connectivity index is 1.49. The van der Waals surface area contributed by atoms with Gasteiger partial charge in [-0.1, -0.05) is 12.1 Å². The molecule has 0 radical (unpaired) electrons. The Bertz CT molecular complexity index is 925. The van der Waals surface area contributed by atoms with E-state index in [1.54, 1.807) is 0 Å². The molecule has 0 aromatic heterocycles. The third kappa shape index (κ3) is 1.73. The molecule has 1 unspecified atom stereocenters. The highest BCUT2D eigenvalue weighted by Crippen LogP contribution is 2.76. The average Bonchev–Trinajstić information content (AvgIpc) is 3.48. The molecule has 1 aromatic carbocycles. The van der Waals surface area contributed by atoms with Gasteiger partial charge in [-0.15, -0.1) is 0 Å². The lowest BCUT2D eigenvalue weighted by atomic mass is 9.35. The SMILES string of the molecule is CO[C@]12CCC3(C[C@@H]1C=O)[C@H]1Cc4ccc(C)c5c4[C@@]3(CCN1CC1CC1)[C@H]2O5. The molecule has 0 amide bonds. The molecular formula is C25H31NO3. The molecule has 154 valence electrons. The molecule has 4 heteroatoms. The summed E-state index contributed by atoms with van der Waals surface area (Å²) in [4.78, 5) is 15.2. The van der Waals surface area contributed by atoms with Gasteiger partial charge >= 0.3 is 0 Å². The van der Waals surface area contributed by atoms with Crippen molar-refractivity contribution in [2.75, 3.05) is 20.2 Å². The predicted octanol–water partition coefficient (Wildman–Crippen LogP) is 3.42. The van der Waals surface area contributed by atoms with Crippen molar-refractivity contribution in [2.24, 2.45) is 17.3 Å². The number of aryl methyl sites for hydroxylation is 1. The van der Waals surface area contributed by atoms with Crippen molar-refractivity contribution in [1.82, 2.24) is 4.90 Å². The number of aldehydes is 1. The molecule has 2 spiro atoms. The summed E-state index contributed by atoms with van der Waals surface area (Å²) in [6.45, 7) is 4.60. The Labute approximate surface area is 172 Å². The zero-order valence-electron chi connectivity index (χ0n) is 17.6. The predicted molar refractivity (Wildman–Crippen MR) is 109 cm³/mol. The van der Waals surface area contributed by atoms with E-state index in [2.05, 4.69) is 24.0 Å². The van der Waals surface area contributed by atoms with Crippen LogP contribution in [-0.2, 0) is 21.4 Å². The Morgan fingerprint density at radius 2 is 2.14 bits per heavy atom. The molecule has 6 atom stereocenters. The summed E-state index contributed by atoms with van der Waals surface area (Å²) < 4.78 is 13.2. The van der Waals surface area contributed by atoms with Crippen LogP contribution in [0.15, 0.2) is 12.1 Å². The summed E-state index contributed by atoms with van der Waals surface area (Å²) in [5, 5.41) is 0. The van der Waals surface area contributed by atoms with Crippen LogP contribution in [0.3, 0.4) is 0 Å². The van der Waals surface area contributed by atoms with Gasteiger partial charge in [0.2, 0.25) is 0 Å². The van der Waals surface area contributed by atoms with Crippen molar-refractivity contribution in [2.45, 2.75) is 75.0 Å². The average molecular weight is 394 g/mol. The molecule has 29 heavy (non-hydrogen) atoms. The number of benzene rings is 1. The summed E-state index contributed by atoms with van der Waals surface area (Å²) in [5.41, 5.74) is 3.98. The van der Waals surface area contributed by atoms with Crippen molar-refractivity contribution in [1.29, 1.82) is 0 Å². The summed E-state index contributed by atoms with van der Waals surface area (Å²) in [6, 6.07) is 5.17. The van der Waals surface area contributed by atoms with Crippen molar-refractivity contribution in [3.8, 4) is 5.75 Å². The number of nitrogens with zero attached hydrogens (tertiary/aromatic N) is 1. The Kier molecular flexibility index (Phi) is 3.14. The van der Waals surface area contributed by atoms with Crippen LogP contribution < -0.4 is 4.74 Å². The first kappa shape index (κ1) is 17.3. The fourth-order valence-corrected chi connectivity index (χ4v) is 8.75. The molecule has 4 saturated carbocycles. The Morgan fingerprint density at radius 1 is 1.28 bits per heavy atom. The number of fused-ring (bicyclic) bond motifs is 2. The van der Waals surface area contributed by atoms with Gasteiger partial charge in [0.05, 0.1) is 0 Å². The van der Waals surface area contributed by atoms with Crippen molar-refractivity contribution in [3.05, 3.63) is 28.8 Å². The van der Waals surface area contributed by atoms with Crippen molar-refractivity contribution >= 4 is 6.29 Å². The minimum Gasteiger partial charge on any atom is -0.486 e. The van der Waals surface area contributed by atoms with Crippen molar-refractivity contribution in [3.63, 3.8) is 0 Å². The van der Waals surface area contributed by atoms with Crippen LogP contribution in [0.25, 0.3) is 0 Å². The molecule has 4 bridgehead atoms. The van der Waals surface area contributed by atoms with Crippen LogP contribution in [0.4, 0.5) is 0 Å². The summed E-state index contributed by atoms with van der Waals surface area (Å²) >= 11 is 0. The minimum absolute atomic E-state index is 0.0153. The lowest BCUT2D eigenvalue weighted by Crippen LogP contribution is -2.81. The van der Waals surface area contributed by atoms with Gasteiger partial charge in [-0.05, 0) is 75.5 Å². The summed E-state index contributed by atoms with van der Waals surface area (Å²) in [7, 11) is 1.81. The normalized spacial score (nSPS) is 46.3. The van der Waals surface area contributed by atoms with E-state index in [4.69, 9.17) is 9.47 Å². The lowest BCUT2D eigenvalue weighted by Gasteiger charge is -2.73. The third-order valence-electron chi connectivity index (χ3n) is 10.1. The summed E-state index contributed by atoms with van der Waals surface area (Å²) in [5.74, 6) is 1.97. The number of hydrogen-bond acceptors (Lipinski definition) is 4. The fourth-order valence-electron chi connectivity index (χ4n) is 8.75. The fraction of sp³-hybridized carbons (Fsp3) is 0.720. The monoisotopic (exact) mass is 393 g/mol. The topological polar surface area (TPSA) is 38.8 Å². The van der Waals surface area contributed by atoms with Crippen LogP contribution in [0.5, 0.6) is 5.75 Å². The number of carbonyl (C=O) groups is 1. The number of methoxy groups -OCH3 is 1. The molecule has 7 aliphatic rings. The highest BCUT2D eigenvalue weighted by Gasteiger charge is 2.80. The van der Waals surface area contributed by atoms with Crippen LogP contribution in [-0.4, -0.2) is 49.1 Å². The number of carbonyl (C=O) groups excluding carboxylic acids is 1. The molecule has 2 heterocycles. The molecule has 1 aromatic rings. The van der Waals surface area contributed by atoms with Gasteiger partial charge in [0.1, 0.15) is 23.7 Å². The first-order chi connectivity index (χ1) is 14.1. The van der Waals surface area contributed by atoms with Gasteiger partial charge in [0.15, 0.2) is 0 Å². The van der Waals surface area contributed by atoms with E-state index in [-0.39, 0.29) is 22.9 Å². The van der Waals surface area contributed by atoms with Gasteiger partial charge in [0.25, 0.3) is 0 Å². The number of likely N-dealkylation sites (tertiary alicyclic amines) is 1. The second-order valence-corrected chi connectivity index (χ2v) is 10.9. The molecule has 8 rings (SSSR count). The largest absolute Gasteiger partial charge is 0.486 e. The maximum Gasteiger partial charge on any atom is 0.139 e. The molecule has 1 saturated heterocycles. The molecule has 4 nitrogen and oxygen atoms in total. The molecule has 0 N–H and O–H groups in total. The van der Waals surface area contributed by atoms with Crippen LogP contribution in [0, 0.1) is 24.2 Å².